The van der Waals surface area contributed by atoms with E-state index in [1.807, 2.05) is 0 Å². The summed E-state index contributed by atoms with van der Waals surface area (Å²) in [5.74, 6) is 0.330. The Labute approximate surface area is 112 Å². The van der Waals surface area contributed by atoms with E-state index in [9.17, 15) is 8.42 Å². The molecule has 1 heterocycles. The number of nitrogens with two attached hydrogens (primary N) is 1. The number of nitrogens with one attached hydrogen (secondary N) is 1. The van der Waals surface area contributed by atoms with E-state index >= 15 is 0 Å². The zero-order valence-corrected chi connectivity index (χ0v) is 11.6. The standard InChI is InChI=1S/C9H9BrN4O3S/c1-5-12-9(17-13-5)14-18(15,16)8-3-2-6(10)4-7(8)11/h2-4H,11H2,1H3,(H,12,13,14). The third-order valence-electron chi connectivity index (χ3n) is 2.01. The van der Waals surface area contributed by atoms with Crippen molar-refractivity contribution in [2.75, 3.05) is 10.5 Å². The predicted octanol–water partition coefficient (Wildman–Crippen LogP) is 1.52. The van der Waals surface area contributed by atoms with E-state index in [1.165, 1.54) is 12.1 Å². The van der Waals surface area contributed by atoms with Crippen molar-refractivity contribution in [3.8, 4) is 0 Å². The summed E-state index contributed by atoms with van der Waals surface area (Å²) in [5.41, 5.74) is 5.77. The molecular formula is C9H9BrN4O3S. The molecule has 0 aliphatic carbocycles. The fourth-order valence-electron chi connectivity index (χ4n) is 1.27. The van der Waals surface area contributed by atoms with Crippen LogP contribution in [-0.4, -0.2) is 18.6 Å². The van der Waals surface area contributed by atoms with Gasteiger partial charge in [0.25, 0.3) is 10.0 Å². The van der Waals surface area contributed by atoms with Crippen molar-refractivity contribution in [3.63, 3.8) is 0 Å². The van der Waals surface area contributed by atoms with Crippen molar-refractivity contribution in [2.45, 2.75) is 11.8 Å². The molecule has 0 aliphatic heterocycles. The second-order valence-corrected chi connectivity index (χ2v) is 6.00. The molecule has 0 unspecified atom stereocenters. The Kier molecular flexibility index (Phi) is 3.26. The van der Waals surface area contributed by atoms with Gasteiger partial charge in [0.2, 0.25) is 0 Å². The van der Waals surface area contributed by atoms with Crippen molar-refractivity contribution in [1.29, 1.82) is 0 Å². The van der Waals surface area contributed by atoms with Gasteiger partial charge in [0.15, 0.2) is 5.82 Å². The summed E-state index contributed by atoms with van der Waals surface area (Å²) in [7, 11) is -3.84. The zero-order chi connectivity index (χ0) is 13.3. The maximum atomic E-state index is 12.0. The summed E-state index contributed by atoms with van der Waals surface area (Å²) in [5, 5.41) is 3.48. The van der Waals surface area contributed by atoms with Gasteiger partial charge in [-0.15, -0.1) is 0 Å². The number of aromatic nitrogens is 2. The fraction of sp³-hybridized carbons (Fsp3) is 0.111. The Morgan fingerprint density at radius 2 is 2.17 bits per heavy atom. The number of aryl methyl sites for hydroxylation is 1. The van der Waals surface area contributed by atoms with Gasteiger partial charge in [0.05, 0.1) is 5.69 Å². The molecule has 1 aromatic carbocycles. The third kappa shape index (κ3) is 2.62. The molecule has 2 rings (SSSR count). The van der Waals surface area contributed by atoms with Gasteiger partial charge in [0.1, 0.15) is 4.90 Å². The Hall–Kier alpha value is -1.61. The molecule has 0 amide bonds. The molecule has 7 nitrogen and oxygen atoms in total. The van der Waals surface area contributed by atoms with Gasteiger partial charge in [0, 0.05) is 4.47 Å². The number of hydrogen-bond donors (Lipinski definition) is 2. The lowest BCUT2D eigenvalue weighted by Gasteiger charge is -2.07. The molecular weight excluding hydrogens is 324 g/mol. The van der Waals surface area contributed by atoms with E-state index < -0.39 is 10.0 Å². The number of nitrogens with zero attached hydrogens (tertiary/aromatic N) is 2. The number of sulfonamides is 1. The first-order valence-electron chi connectivity index (χ1n) is 4.76. The lowest BCUT2D eigenvalue weighted by atomic mass is 10.3. The minimum atomic E-state index is -3.84. The Morgan fingerprint density at radius 3 is 2.72 bits per heavy atom. The van der Waals surface area contributed by atoms with Crippen LogP contribution in [-0.2, 0) is 10.0 Å². The highest BCUT2D eigenvalue weighted by Crippen LogP contribution is 2.24. The molecule has 1 aromatic heterocycles. The van der Waals surface area contributed by atoms with E-state index in [0.29, 0.717) is 10.3 Å². The number of hydrogen-bond acceptors (Lipinski definition) is 6. The van der Waals surface area contributed by atoms with E-state index in [1.54, 1.807) is 13.0 Å². The summed E-state index contributed by atoms with van der Waals surface area (Å²) >= 11 is 3.20. The lowest BCUT2D eigenvalue weighted by Crippen LogP contribution is -2.15. The van der Waals surface area contributed by atoms with Crippen LogP contribution >= 0.6 is 15.9 Å². The number of nitrogen functional groups attached to an aromatic ring is 1. The summed E-state index contributed by atoms with van der Waals surface area (Å²) in [6, 6.07) is 4.25. The van der Waals surface area contributed by atoms with E-state index in [4.69, 9.17) is 5.73 Å². The van der Waals surface area contributed by atoms with Crippen LogP contribution in [0.15, 0.2) is 32.1 Å². The minimum Gasteiger partial charge on any atom is -0.398 e. The number of benzene rings is 1. The number of anilines is 2. The number of halogens is 1. The van der Waals surface area contributed by atoms with Gasteiger partial charge < -0.3 is 10.3 Å². The van der Waals surface area contributed by atoms with Crippen LogP contribution in [0.4, 0.5) is 11.7 Å². The molecule has 0 saturated carbocycles. The van der Waals surface area contributed by atoms with Gasteiger partial charge in [-0.1, -0.05) is 21.1 Å². The number of rotatable bonds is 3. The topological polar surface area (TPSA) is 111 Å². The largest absolute Gasteiger partial charge is 0.398 e. The van der Waals surface area contributed by atoms with E-state index in [0.717, 1.165) is 0 Å². The highest BCUT2D eigenvalue weighted by Gasteiger charge is 2.20. The molecule has 18 heavy (non-hydrogen) atoms. The molecule has 0 fully saturated rings. The van der Waals surface area contributed by atoms with Gasteiger partial charge in [-0.25, -0.2) is 13.1 Å². The summed E-state index contributed by atoms with van der Waals surface area (Å²) < 4.78 is 31.5. The average Bonchev–Trinajstić information content (AvgIpc) is 2.62. The second kappa shape index (κ2) is 4.58. The molecule has 0 aliphatic rings. The maximum Gasteiger partial charge on any atom is 0.335 e. The molecule has 0 atom stereocenters. The van der Waals surface area contributed by atoms with Gasteiger partial charge in [-0.2, -0.15) is 4.98 Å². The molecule has 0 saturated heterocycles. The third-order valence-corrected chi connectivity index (χ3v) is 3.90. The zero-order valence-electron chi connectivity index (χ0n) is 9.21. The molecule has 0 spiro atoms. The van der Waals surface area contributed by atoms with Gasteiger partial charge >= 0.3 is 6.01 Å². The minimum absolute atomic E-state index is 0.0541. The second-order valence-electron chi connectivity index (χ2n) is 3.43. The maximum absolute atomic E-state index is 12.0. The van der Waals surface area contributed by atoms with Crippen molar-refractivity contribution < 1.29 is 12.9 Å². The monoisotopic (exact) mass is 332 g/mol. The van der Waals surface area contributed by atoms with E-state index in [-0.39, 0.29) is 16.6 Å². The fourth-order valence-corrected chi connectivity index (χ4v) is 2.69. The van der Waals surface area contributed by atoms with Gasteiger partial charge in [-0.05, 0) is 25.1 Å². The average molecular weight is 333 g/mol. The summed E-state index contributed by atoms with van der Waals surface area (Å²) in [6.07, 6.45) is 0. The molecule has 0 radical (unpaired) electrons. The van der Waals surface area contributed by atoms with Crippen LogP contribution in [0.3, 0.4) is 0 Å². The Balaban J connectivity index is 2.36. The lowest BCUT2D eigenvalue weighted by molar-refractivity contribution is 0.429. The quantitative estimate of drug-likeness (QED) is 0.824. The normalized spacial score (nSPS) is 11.4. The van der Waals surface area contributed by atoms with Crippen LogP contribution < -0.4 is 10.5 Å². The van der Waals surface area contributed by atoms with Crippen LogP contribution in [0.25, 0.3) is 0 Å². The van der Waals surface area contributed by atoms with Crippen molar-refractivity contribution >= 4 is 37.7 Å². The highest BCUT2D eigenvalue weighted by molar-refractivity contribution is 9.10. The molecule has 9 heteroatoms. The van der Waals surface area contributed by atoms with Crippen LogP contribution in [0.5, 0.6) is 0 Å². The van der Waals surface area contributed by atoms with Gasteiger partial charge in [-0.3, -0.25) is 0 Å². The summed E-state index contributed by atoms with van der Waals surface area (Å²) in [6.45, 7) is 1.58. The highest BCUT2D eigenvalue weighted by atomic mass is 79.9. The molecule has 3 N–H and O–H groups in total. The molecule has 0 bridgehead atoms. The molecule has 96 valence electrons. The SMILES string of the molecule is Cc1noc(NS(=O)(=O)c2ccc(Br)cc2N)n1. The summed E-state index contributed by atoms with van der Waals surface area (Å²) in [4.78, 5) is 3.70. The van der Waals surface area contributed by atoms with Crippen LogP contribution in [0, 0.1) is 6.92 Å². The van der Waals surface area contributed by atoms with Crippen molar-refractivity contribution in [2.24, 2.45) is 0 Å². The first-order valence-corrected chi connectivity index (χ1v) is 7.04. The Bertz CT molecular complexity index is 683. The van der Waals surface area contributed by atoms with Crippen molar-refractivity contribution in [3.05, 3.63) is 28.5 Å². The van der Waals surface area contributed by atoms with Crippen LogP contribution in [0.1, 0.15) is 5.82 Å². The first kappa shape index (κ1) is 12.8. The molecule has 2 aromatic rings. The smallest absolute Gasteiger partial charge is 0.335 e. The van der Waals surface area contributed by atoms with Crippen LogP contribution in [0.2, 0.25) is 0 Å². The predicted molar refractivity (Wildman–Crippen MR) is 68.4 cm³/mol. The van der Waals surface area contributed by atoms with E-state index in [2.05, 4.69) is 35.3 Å². The Morgan fingerprint density at radius 1 is 1.44 bits per heavy atom. The van der Waals surface area contributed by atoms with Crippen molar-refractivity contribution in [1.82, 2.24) is 10.1 Å². The first-order chi connectivity index (χ1) is 8.38.